The second-order valence-corrected chi connectivity index (χ2v) is 6.36. The van der Waals surface area contributed by atoms with E-state index in [0.29, 0.717) is 6.54 Å². The van der Waals surface area contributed by atoms with Gasteiger partial charge in [0.1, 0.15) is 30.6 Å². The third kappa shape index (κ3) is 4.25. The van der Waals surface area contributed by atoms with Crippen molar-refractivity contribution in [3.8, 4) is 11.5 Å². The minimum atomic E-state index is 0. The highest BCUT2D eigenvalue weighted by molar-refractivity contribution is 5.94. The molecule has 2 aromatic carbocycles. The molecule has 0 saturated heterocycles. The highest BCUT2D eigenvalue weighted by Crippen LogP contribution is 2.30. The van der Waals surface area contributed by atoms with Gasteiger partial charge < -0.3 is 21.9 Å². The highest BCUT2D eigenvalue weighted by Gasteiger charge is 2.35. The lowest BCUT2D eigenvalue weighted by Gasteiger charge is -2.19. The van der Waals surface area contributed by atoms with E-state index in [1.165, 1.54) is 0 Å². The van der Waals surface area contributed by atoms with Crippen LogP contribution in [0.2, 0.25) is 0 Å². The Labute approximate surface area is 166 Å². The quantitative estimate of drug-likeness (QED) is 0.682. The Bertz CT molecular complexity index is 769. The van der Waals surface area contributed by atoms with Crippen molar-refractivity contribution in [1.29, 1.82) is 0 Å². The Kier molecular flexibility index (Phi) is 6.86. The van der Waals surface area contributed by atoms with E-state index in [0.717, 1.165) is 35.0 Å². The molecule has 0 radical (unpaired) electrons. The number of methoxy groups -OCH3 is 2. The molecular formula is C21H25ClN2O3. The Morgan fingerprint density at radius 1 is 0.963 bits per heavy atom. The van der Waals surface area contributed by atoms with Gasteiger partial charge in [-0.15, -0.1) is 0 Å². The molecule has 0 N–H and O–H groups in total. The van der Waals surface area contributed by atoms with Gasteiger partial charge >= 0.3 is 5.91 Å². The summed E-state index contributed by atoms with van der Waals surface area (Å²) in [5.41, 5.74) is 2.31. The van der Waals surface area contributed by atoms with Crippen molar-refractivity contribution in [3.05, 3.63) is 59.7 Å². The number of nitrogens with zero attached hydrogens (tertiary/aromatic N) is 2. The molecule has 0 saturated carbocycles. The third-order valence-corrected chi connectivity index (χ3v) is 4.93. The van der Waals surface area contributed by atoms with Crippen molar-refractivity contribution in [1.82, 2.24) is 4.90 Å². The summed E-state index contributed by atoms with van der Waals surface area (Å²) in [5.74, 6) is 2.71. The Balaban J connectivity index is 0.00000261. The van der Waals surface area contributed by atoms with Crippen molar-refractivity contribution in [2.24, 2.45) is 0 Å². The van der Waals surface area contributed by atoms with Crippen molar-refractivity contribution < 1.29 is 31.3 Å². The predicted molar refractivity (Wildman–Crippen MR) is 101 cm³/mol. The van der Waals surface area contributed by atoms with Gasteiger partial charge in [0.25, 0.3) is 5.84 Å². The SMILES string of the molecule is COc1ccc(C(c2ccc(OC)cc2)[N+]2=C(C)N(C(C)=O)CC2)cc1.[Cl-]. The van der Waals surface area contributed by atoms with E-state index < -0.39 is 0 Å². The number of ether oxygens (including phenoxy) is 2. The molecule has 1 aliphatic rings. The van der Waals surface area contributed by atoms with E-state index in [4.69, 9.17) is 9.47 Å². The van der Waals surface area contributed by atoms with Crippen LogP contribution in [0.1, 0.15) is 31.0 Å². The average molecular weight is 389 g/mol. The molecule has 1 heterocycles. The van der Waals surface area contributed by atoms with E-state index in [1.807, 2.05) is 36.1 Å². The molecule has 2 aromatic rings. The van der Waals surface area contributed by atoms with Gasteiger partial charge in [-0.25, -0.2) is 4.79 Å². The molecule has 1 amide bonds. The molecule has 0 fully saturated rings. The zero-order chi connectivity index (χ0) is 18.7. The minimum Gasteiger partial charge on any atom is -1.00 e. The van der Waals surface area contributed by atoms with Crippen LogP contribution in [0.4, 0.5) is 0 Å². The lowest BCUT2D eigenvalue weighted by molar-refractivity contribution is -0.553. The van der Waals surface area contributed by atoms with E-state index in [9.17, 15) is 4.79 Å². The first kappa shape index (κ1) is 20.8. The first-order chi connectivity index (χ1) is 12.5. The highest BCUT2D eigenvalue weighted by atomic mass is 35.5. The molecule has 5 nitrogen and oxygen atoms in total. The lowest BCUT2D eigenvalue weighted by Crippen LogP contribution is -3.00. The van der Waals surface area contributed by atoms with Crippen molar-refractivity contribution in [2.45, 2.75) is 19.9 Å². The van der Waals surface area contributed by atoms with E-state index in [-0.39, 0.29) is 24.4 Å². The van der Waals surface area contributed by atoms with Gasteiger partial charge in [-0.2, -0.15) is 4.90 Å². The van der Waals surface area contributed by atoms with Crippen LogP contribution in [-0.4, -0.2) is 48.5 Å². The number of hydrogen-bond donors (Lipinski definition) is 0. The predicted octanol–water partition coefficient (Wildman–Crippen LogP) is 0.0902. The first-order valence-electron chi connectivity index (χ1n) is 8.71. The Morgan fingerprint density at radius 2 is 1.41 bits per heavy atom. The number of rotatable bonds is 5. The smallest absolute Gasteiger partial charge is 0.306 e. The van der Waals surface area contributed by atoms with Crippen LogP contribution in [0.25, 0.3) is 0 Å². The molecule has 0 spiro atoms. The van der Waals surface area contributed by atoms with Gasteiger partial charge in [0.15, 0.2) is 0 Å². The molecule has 0 bridgehead atoms. The van der Waals surface area contributed by atoms with Crippen LogP contribution in [-0.2, 0) is 4.79 Å². The minimum absolute atomic E-state index is 0. The summed E-state index contributed by atoms with van der Waals surface area (Å²) < 4.78 is 12.9. The Hall–Kier alpha value is -2.53. The summed E-state index contributed by atoms with van der Waals surface area (Å²) >= 11 is 0. The number of benzene rings is 2. The lowest BCUT2D eigenvalue weighted by atomic mass is 9.97. The van der Waals surface area contributed by atoms with Crippen molar-refractivity contribution >= 4 is 11.7 Å². The normalized spacial score (nSPS) is 13.6. The molecule has 6 heteroatoms. The summed E-state index contributed by atoms with van der Waals surface area (Å²) in [6.07, 6.45) is 0. The second kappa shape index (κ2) is 8.91. The van der Waals surface area contributed by atoms with E-state index >= 15 is 0 Å². The van der Waals surface area contributed by atoms with Crippen LogP contribution >= 0.6 is 0 Å². The second-order valence-electron chi connectivity index (χ2n) is 6.36. The molecular weight excluding hydrogens is 364 g/mol. The van der Waals surface area contributed by atoms with Gasteiger partial charge in [0, 0.05) is 25.0 Å². The van der Waals surface area contributed by atoms with Gasteiger partial charge in [-0.3, -0.25) is 4.58 Å². The van der Waals surface area contributed by atoms with Crippen LogP contribution in [0, 0.1) is 0 Å². The van der Waals surface area contributed by atoms with Gasteiger partial charge in [0.05, 0.1) is 14.2 Å². The third-order valence-electron chi connectivity index (χ3n) is 4.93. The van der Waals surface area contributed by atoms with E-state index in [1.54, 1.807) is 21.1 Å². The average Bonchev–Trinajstić information content (AvgIpc) is 3.04. The zero-order valence-corrected chi connectivity index (χ0v) is 16.9. The molecule has 3 rings (SSSR count). The standard InChI is InChI=1S/C21H25N2O3.ClH/c1-15-22(16(2)24)13-14-23(15)21(17-5-9-19(25-3)10-6-17)18-7-11-20(26-4)12-8-18;/h5-12,21H,13-14H2,1-4H3;1H/q+1;/p-1. The summed E-state index contributed by atoms with van der Waals surface area (Å²) in [5, 5.41) is 0. The van der Waals surface area contributed by atoms with Crippen LogP contribution in [0.3, 0.4) is 0 Å². The monoisotopic (exact) mass is 388 g/mol. The van der Waals surface area contributed by atoms with Crippen LogP contribution < -0.4 is 21.9 Å². The van der Waals surface area contributed by atoms with Crippen LogP contribution in [0.5, 0.6) is 11.5 Å². The number of halogens is 1. The fourth-order valence-electron chi connectivity index (χ4n) is 3.51. The number of amidine groups is 1. The van der Waals surface area contributed by atoms with Gasteiger partial charge in [-0.05, 0) is 24.3 Å². The Morgan fingerprint density at radius 3 is 1.74 bits per heavy atom. The first-order valence-corrected chi connectivity index (χ1v) is 8.71. The molecule has 0 aliphatic carbocycles. The van der Waals surface area contributed by atoms with Gasteiger partial charge in [-0.1, -0.05) is 24.3 Å². The largest absolute Gasteiger partial charge is 1.00 e. The summed E-state index contributed by atoms with van der Waals surface area (Å²) in [7, 11) is 3.33. The molecule has 0 aromatic heterocycles. The fourth-order valence-corrected chi connectivity index (χ4v) is 3.51. The molecule has 0 unspecified atom stereocenters. The molecule has 0 atom stereocenters. The molecule has 27 heavy (non-hydrogen) atoms. The van der Waals surface area contributed by atoms with E-state index in [2.05, 4.69) is 28.8 Å². The number of hydrogen-bond acceptors (Lipinski definition) is 3. The zero-order valence-electron chi connectivity index (χ0n) is 16.1. The maximum Gasteiger partial charge on any atom is 0.306 e. The van der Waals surface area contributed by atoms with Crippen molar-refractivity contribution in [3.63, 3.8) is 0 Å². The summed E-state index contributed by atoms with van der Waals surface area (Å²) in [6, 6.07) is 16.2. The number of carbonyl (C=O) groups excluding carboxylic acids is 1. The number of amides is 1. The molecule has 1 aliphatic heterocycles. The number of carbonyl (C=O) groups is 1. The topological polar surface area (TPSA) is 41.8 Å². The van der Waals surface area contributed by atoms with Gasteiger partial charge in [0.2, 0.25) is 0 Å². The fraction of sp³-hybridized carbons (Fsp3) is 0.333. The summed E-state index contributed by atoms with van der Waals surface area (Å²) in [6.45, 7) is 5.13. The van der Waals surface area contributed by atoms with Crippen LogP contribution in [0.15, 0.2) is 48.5 Å². The van der Waals surface area contributed by atoms with Crippen molar-refractivity contribution in [2.75, 3.05) is 27.3 Å². The maximum absolute atomic E-state index is 11.9. The molecule has 144 valence electrons. The summed E-state index contributed by atoms with van der Waals surface area (Å²) in [4.78, 5) is 13.7. The maximum atomic E-state index is 11.9.